The highest BCUT2D eigenvalue weighted by Crippen LogP contribution is 2.55. The summed E-state index contributed by atoms with van der Waals surface area (Å²) in [5.41, 5.74) is 2.89. The summed E-state index contributed by atoms with van der Waals surface area (Å²) in [5.74, 6) is -2.99. The molecule has 6 heteroatoms. The van der Waals surface area contributed by atoms with E-state index in [1.807, 2.05) is 103 Å². The van der Waals surface area contributed by atoms with Crippen LogP contribution < -0.4 is 14.4 Å². The summed E-state index contributed by atoms with van der Waals surface area (Å²) in [7, 11) is 1.60. The van der Waals surface area contributed by atoms with Crippen LogP contribution in [0.4, 0.5) is 5.69 Å². The molecular weight excluding hydrogens is 526 g/mol. The first-order chi connectivity index (χ1) is 20.5. The Hall–Kier alpha value is -5.23. The zero-order chi connectivity index (χ0) is 28.5. The second kappa shape index (κ2) is 9.14. The molecule has 6 nitrogen and oxygen atoms in total. The number of ether oxygens (including phenoxy) is 2. The number of carbonyl (C=O) groups is 3. The van der Waals surface area contributed by atoms with Crippen LogP contribution in [0.25, 0.3) is 27.1 Å². The lowest BCUT2D eigenvalue weighted by Gasteiger charge is -2.38. The van der Waals surface area contributed by atoms with Crippen molar-refractivity contribution in [1.29, 1.82) is 0 Å². The van der Waals surface area contributed by atoms with Crippen molar-refractivity contribution in [2.24, 2.45) is 17.8 Å². The van der Waals surface area contributed by atoms with E-state index in [2.05, 4.69) is 0 Å². The summed E-state index contributed by atoms with van der Waals surface area (Å²) < 4.78 is 11.4. The highest BCUT2D eigenvalue weighted by molar-refractivity contribution is 6.25. The Balaban J connectivity index is 1.32. The van der Waals surface area contributed by atoms with Gasteiger partial charge in [-0.15, -0.1) is 0 Å². The Kier molecular flexibility index (Phi) is 5.35. The van der Waals surface area contributed by atoms with Crippen LogP contribution in [0.3, 0.4) is 0 Å². The van der Waals surface area contributed by atoms with Gasteiger partial charge in [0.2, 0.25) is 11.8 Å². The molecule has 1 saturated heterocycles. The van der Waals surface area contributed by atoms with Gasteiger partial charge in [0, 0.05) is 16.9 Å². The Morgan fingerprint density at radius 1 is 0.714 bits per heavy atom. The number of allylic oxidation sites excluding steroid dienone is 1. The summed E-state index contributed by atoms with van der Waals surface area (Å²) in [6.07, 6.45) is 2.01. The lowest BCUT2D eigenvalue weighted by molar-refractivity contribution is -0.142. The summed E-state index contributed by atoms with van der Waals surface area (Å²) >= 11 is 0. The molecule has 0 spiro atoms. The average Bonchev–Trinajstić information content (AvgIpc) is 3.30. The van der Waals surface area contributed by atoms with Crippen molar-refractivity contribution in [3.05, 3.63) is 120 Å². The molecule has 5 aromatic carbocycles. The maximum absolute atomic E-state index is 14.3. The van der Waals surface area contributed by atoms with Gasteiger partial charge in [0.1, 0.15) is 11.5 Å². The Labute approximate surface area is 241 Å². The molecule has 2 aliphatic heterocycles. The number of anilines is 1. The van der Waals surface area contributed by atoms with E-state index in [-0.39, 0.29) is 11.8 Å². The average molecular weight is 552 g/mol. The predicted molar refractivity (Wildman–Crippen MR) is 160 cm³/mol. The minimum Gasteiger partial charge on any atom is -0.497 e. The van der Waals surface area contributed by atoms with Crippen LogP contribution in [0, 0.1) is 17.8 Å². The van der Waals surface area contributed by atoms with Crippen LogP contribution in [-0.4, -0.2) is 24.9 Å². The van der Waals surface area contributed by atoms with Crippen molar-refractivity contribution in [3.8, 4) is 11.5 Å². The number of hydrogen-bond donors (Lipinski definition) is 0. The van der Waals surface area contributed by atoms with Gasteiger partial charge in [-0.1, -0.05) is 84.9 Å². The molecule has 2 heterocycles. The SMILES string of the molecule is COc1ccc([C@@H]2C=C3c4ccc5ccccc5c4OC(=O)[C@@H]3[C@@H]3C(=O)N(c4ccc5ccccc5c4)C(=O)[C@H]32)cc1. The molecule has 1 aliphatic carbocycles. The zero-order valence-corrected chi connectivity index (χ0v) is 22.7. The third-order valence-electron chi connectivity index (χ3n) is 8.98. The van der Waals surface area contributed by atoms with Crippen LogP contribution in [0.1, 0.15) is 17.0 Å². The highest BCUT2D eigenvalue weighted by Gasteiger charge is 2.60. The Morgan fingerprint density at radius 2 is 1.40 bits per heavy atom. The molecule has 0 N–H and O–H groups in total. The van der Waals surface area contributed by atoms with E-state index in [0.29, 0.717) is 17.2 Å². The minimum atomic E-state index is -0.900. The van der Waals surface area contributed by atoms with Gasteiger partial charge in [0.25, 0.3) is 0 Å². The van der Waals surface area contributed by atoms with E-state index in [0.717, 1.165) is 38.2 Å². The number of hydrogen-bond acceptors (Lipinski definition) is 5. The van der Waals surface area contributed by atoms with Crippen LogP contribution in [-0.2, 0) is 14.4 Å². The number of esters is 1. The molecule has 5 aromatic rings. The molecular formula is C36H25NO5. The number of imide groups is 1. The molecule has 0 aromatic heterocycles. The molecule has 204 valence electrons. The summed E-state index contributed by atoms with van der Waals surface area (Å²) in [6, 6.07) is 32.7. The molecule has 1 fully saturated rings. The summed E-state index contributed by atoms with van der Waals surface area (Å²) in [6.45, 7) is 0. The van der Waals surface area contributed by atoms with Crippen LogP contribution in [0.2, 0.25) is 0 Å². The van der Waals surface area contributed by atoms with Gasteiger partial charge in [0.05, 0.1) is 30.6 Å². The van der Waals surface area contributed by atoms with Gasteiger partial charge in [-0.3, -0.25) is 14.4 Å². The second-order valence-corrected chi connectivity index (χ2v) is 11.1. The molecule has 0 radical (unpaired) electrons. The zero-order valence-electron chi connectivity index (χ0n) is 22.7. The van der Waals surface area contributed by atoms with E-state index in [1.54, 1.807) is 13.2 Å². The van der Waals surface area contributed by atoms with Gasteiger partial charge in [-0.25, -0.2) is 4.90 Å². The molecule has 8 rings (SSSR count). The monoisotopic (exact) mass is 551 g/mol. The first kappa shape index (κ1) is 24.6. The smallest absolute Gasteiger partial charge is 0.319 e. The second-order valence-electron chi connectivity index (χ2n) is 11.1. The van der Waals surface area contributed by atoms with Crippen molar-refractivity contribution in [2.45, 2.75) is 5.92 Å². The number of benzene rings is 5. The molecule has 4 atom stereocenters. The Bertz CT molecular complexity index is 1990. The van der Waals surface area contributed by atoms with Gasteiger partial charge >= 0.3 is 5.97 Å². The van der Waals surface area contributed by atoms with Crippen molar-refractivity contribution >= 4 is 50.6 Å². The number of carbonyl (C=O) groups excluding carboxylic acids is 3. The molecule has 2 amide bonds. The fourth-order valence-corrected chi connectivity index (χ4v) is 7.01. The fraction of sp³-hybridized carbons (Fsp3) is 0.139. The van der Waals surface area contributed by atoms with Crippen molar-refractivity contribution in [1.82, 2.24) is 0 Å². The maximum Gasteiger partial charge on any atom is 0.319 e. The fourth-order valence-electron chi connectivity index (χ4n) is 7.01. The molecule has 42 heavy (non-hydrogen) atoms. The minimum absolute atomic E-state index is 0.312. The number of nitrogens with zero attached hydrogens (tertiary/aromatic N) is 1. The Morgan fingerprint density at radius 3 is 2.19 bits per heavy atom. The third-order valence-corrected chi connectivity index (χ3v) is 8.98. The predicted octanol–water partition coefficient (Wildman–Crippen LogP) is 6.52. The molecule has 0 saturated carbocycles. The lowest BCUT2D eigenvalue weighted by atomic mass is 9.64. The van der Waals surface area contributed by atoms with Gasteiger partial charge in [0.15, 0.2) is 0 Å². The first-order valence-corrected chi connectivity index (χ1v) is 14.0. The van der Waals surface area contributed by atoms with E-state index < -0.39 is 29.6 Å². The topological polar surface area (TPSA) is 72.9 Å². The number of fused-ring (bicyclic) bond motifs is 8. The number of amides is 2. The van der Waals surface area contributed by atoms with Crippen LogP contribution >= 0.6 is 0 Å². The summed E-state index contributed by atoms with van der Waals surface area (Å²) in [4.78, 5) is 43.7. The molecule has 0 unspecified atom stereocenters. The van der Waals surface area contributed by atoms with Gasteiger partial charge in [-0.2, -0.15) is 0 Å². The lowest BCUT2D eigenvalue weighted by Crippen LogP contribution is -2.42. The largest absolute Gasteiger partial charge is 0.497 e. The van der Waals surface area contributed by atoms with Crippen LogP contribution in [0.15, 0.2) is 109 Å². The van der Waals surface area contributed by atoms with Gasteiger partial charge < -0.3 is 9.47 Å². The van der Waals surface area contributed by atoms with Crippen molar-refractivity contribution < 1.29 is 23.9 Å². The first-order valence-electron chi connectivity index (χ1n) is 14.0. The number of methoxy groups -OCH3 is 1. The van der Waals surface area contributed by atoms with E-state index in [1.165, 1.54) is 4.90 Å². The van der Waals surface area contributed by atoms with E-state index in [9.17, 15) is 14.4 Å². The normalized spacial score (nSPS) is 22.8. The maximum atomic E-state index is 14.3. The molecule has 3 aliphatic rings. The summed E-state index contributed by atoms with van der Waals surface area (Å²) in [5, 5.41) is 3.72. The quantitative estimate of drug-likeness (QED) is 0.145. The van der Waals surface area contributed by atoms with E-state index >= 15 is 0 Å². The van der Waals surface area contributed by atoms with Crippen molar-refractivity contribution in [2.75, 3.05) is 12.0 Å². The highest BCUT2D eigenvalue weighted by atomic mass is 16.5. The number of rotatable bonds is 3. The van der Waals surface area contributed by atoms with E-state index in [4.69, 9.17) is 9.47 Å². The standard InChI is InChI=1S/C36H25NO5/c1-41-25-15-11-22(12-16-25)28-19-29-27-17-13-21-7-4-5-9-26(21)33(27)42-36(40)31(29)32-30(28)34(38)37(35(32)39)24-14-10-20-6-2-3-8-23(20)18-24/h2-19,28,30-32H,1H3/t28-,30-,31-,32+/m0/s1. The third kappa shape index (κ3) is 3.48. The van der Waals surface area contributed by atoms with Gasteiger partial charge in [-0.05, 0) is 51.6 Å². The van der Waals surface area contributed by atoms with Crippen LogP contribution in [0.5, 0.6) is 11.5 Å². The molecule has 0 bridgehead atoms. The van der Waals surface area contributed by atoms with Crippen molar-refractivity contribution in [3.63, 3.8) is 0 Å².